The molecule has 0 atom stereocenters. The summed E-state index contributed by atoms with van der Waals surface area (Å²) >= 11 is 2.30. The molecule has 0 bridgehead atoms. The van der Waals surface area contributed by atoms with Crippen molar-refractivity contribution in [2.75, 3.05) is 0 Å². The molecule has 0 aliphatic carbocycles. The quantitative estimate of drug-likeness (QED) is 0.521. The Hall–Kier alpha value is 0.275. The number of halogens is 1. The van der Waals surface area contributed by atoms with E-state index in [1.54, 1.807) is 0 Å². The molecular weight excluding hydrogens is 265 g/mol. The molecule has 0 fully saturated rings. The van der Waals surface area contributed by atoms with Crippen LogP contribution < -0.4 is 0 Å². The topological polar surface area (TPSA) is 0 Å². The molecule has 57 valence electrons. The molecule has 0 nitrogen and oxygen atoms in total. The molecule has 7 radical (unpaired) electrons. The van der Waals surface area contributed by atoms with E-state index in [0.29, 0.717) is 0 Å². The lowest BCUT2D eigenvalue weighted by Crippen LogP contribution is -2.23. The van der Waals surface area contributed by atoms with Crippen LogP contribution in [0.4, 0.5) is 0 Å². The van der Waals surface area contributed by atoms with Gasteiger partial charge in [0, 0.05) is 40.2 Å². The van der Waals surface area contributed by atoms with Crippen molar-refractivity contribution in [1.29, 1.82) is 0 Å². The van der Waals surface area contributed by atoms with Crippen LogP contribution in [0.2, 0.25) is 0 Å². The average Bonchev–Trinajstić information content (AvgIpc) is 2.11. The third-order valence-corrected chi connectivity index (χ3v) is 1.95. The normalized spacial score (nSPS) is 8.15. The number of hydrogen-bond acceptors (Lipinski definition) is 0. The van der Waals surface area contributed by atoms with Gasteiger partial charge in [-0.25, -0.2) is 0 Å². The fourth-order valence-corrected chi connectivity index (χ4v) is 0.893. The first-order valence-corrected chi connectivity index (χ1v) is 4.92. The lowest BCUT2D eigenvalue weighted by molar-refractivity contribution is 1.46. The van der Waals surface area contributed by atoms with Crippen molar-refractivity contribution in [2.24, 2.45) is 0 Å². The van der Waals surface area contributed by atoms with Crippen molar-refractivity contribution >= 4 is 59.2 Å². The summed E-state index contributed by atoms with van der Waals surface area (Å²) < 4.78 is 1.30. The van der Waals surface area contributed by atoms with Gasteiger partial charge in [0.25, 0.3) is 0 Å². The Balaban J connectivity index is 0.000000252. The van der Waals surface area contributed by atoms with Crippen LogP contribution in [0.1, 0.15) is 5.56 Å². The van der Waals surface area contributed by atoms with Crippen LogP contribution in [0, 0.1) is 10.5 Å². The van der Waals surface area contributed by atoms with Gasteiger partial charge in [-0.3, -0.25) is 0 Å². The molecule has 1 aromatic carbocycles. The Morgan fingerprint density at radius 1 is 1.23 bits per heavy atom. The van der Waals surface area contributed by atoms with E-state index in [0.717, 1.165) is 0 Å². The van der Waals surface area contributed by atoms with Crippen LogP contribution in [-0.4, -0.2) is 36.7 Å². The van der Waals surface area contributed by atoms with Gasteiger partial charge in [0.05, 0.1) is 0 Å². The van der Waals surface area contributed by atoms with Gasteiger partial charge in [-0.1, -0.05) is 17.7 Å². The molecule has 0 aromatic heterocycles. The minimum atomic E-state index is -0.463. The van der Waals surface area contributed by atoms with Crippen molar-refractivity contribution < 1.29 is 0 Å². The zero-order chi connectivity index (χ0) is 10.3. The van der Waals surface area contributed by atoms with E-state index >= 15 is 0 Å². The average molecular weight is 272 g/mol. The lowest BCUT2D eigenvalue weighted by Gasteiger charge is -1.88. The molecule has 0 aliphatic rings. The number of hydrogen-bond donors (Lipinski definition) is 0. The summed E-state index contributed by atoms with van der Waals surface area (Å²) in [5.74, 6) is 0. The number of benzene rings is 1. The highest BCUT2D eigenvalue weighted by atomic mass is 127. The van der Waals surface area contributed by atoms with Crippen molar-refractivity contribution in [3.05, 3.63) is 33.4 Å². The van der Waals surface area contributed by atoms with E-state index < -0.39 is 6.39 Å². The second-order valence-corrected chi connectivity index (χ2v) is 3.81. The molecule has 0 saturated heterocycles. The molecule has 0 spiro atoms. The summed E-state index contributed by atoms with van der Waals surface area (Å²) in [5.41, 5.74) is 1.32. The standard InChI is InChI=1S/C7H7I.B5/c1-6-2-4-7(8)5-3-6;1-4-5(2)3/h2-5H,1H3;. The second-order valence-electron chi connectivity index (χ2n) is 2.57. The fourth-order valence-electron chi connectivity index (χ4n) is 0.533. The summed E-state index contributed by atoms with van der Waals surface area (Å²) in [7, 11) is 15.8. The van der Waals surface area contributed by atoms with Crippen LogP contribution in [0.3, 0.4) is 0 Å². The molecule has 1 rings (SSSR count). The SMILES string of the molecule is Cc1ccc(I)cc1.[B][B]B([B])[B]. The van der Waals surface area contributed by atoms with Gasteiger partial charge in [-0.15, -0.1) is 0 Å². The Labute approximate surface area is 99.3 Å². The van der Waals surface area contributed by atoms with Crippen molar-refractivity contribution in [3.63, 3.8) is 0 Å². The highest BCUT2D eigenvalue weighted by Gasteiger charge is 1.85. The predicted octanol–water partition coefficient (Wildman–Crippen LogP) is 0.696. The molecular formula is C7H7B5I. The molecule has 0 unspecified atom stereocenters. The molecule has 6 heteroatoms. The van der Waals surface area contributed by atoms with E-state index in [4.69, 9.17) is 23.2 Å². The Bertz CT molecular complexity index is 202. The van der Waals surface area contributed by atoms with E-state index in [2.05, 4.69) is 53.8 Å². The molecule has 0 heterocycles. The van der Waals surface area contributed by atoms with Crippen LogP contribution in [0.5, 0.6) is 0 Å². The molecule has 0 N–H and O–H groups in total. The van der Waals surface area contributed by atoms with E-state index in [9.17, 15) is 0 Å². The smallest absolute Gasteiger partial charge is 0.0130 e. The zero-order valence-electron chi connectivity index (χ0n) is 7.57. The first-order chi connectivity index (χ1) is 6.06. The van der Waals surface area contributed by atoms with E-state index in [-0.39, 0.29) is 0 Å². The van der Waals surface area contributed by atoms with E-state index in [1.165, 1.54) is 16.2 Å². The summed E-state index contributed by atoms with van der Waals surface area (Å²) in [6.45, 7) is 2.09. The van der Waals surface area contributed by atoms with Gasteiger partial charge in [-0.2, -0.15) is 0 Å². The molecule has 13 heavy (non-hydrogen) atoms. The third kappa shape index (κ3) is 8.60. The largest absolute Gasteiger partial charge is 0.0583 e. The molecule has 0 amide bonds. The summed E-state index contributed by atoms with van der Waals surface area (Å²) in [6.07, 6.45) is -0.463. The van der Waals surface area contributed by atoms with Crippen LogP contribution in [0.15, 0.2) is 24.3 Å². The summed E-state index contributed by atoms with van der Waals surface area (Å²) in [4.78, 5) is 0. The van der Waals surface area contributed by atoms with Crippen LogP contribution in [0.25, 0.3) is 0 Å². The molecule has 0 aliphatic heterocycles. The number of rotatable bonds is 1. The summed E-state index contributed by atoms with van der Waals surface area (Å²) in [6, 6.07) is 8.44. The number of aryl methyl sites for hydroxylation is 1. The van der Waals surface area contributed by atoms with Gasteiger partial charge < -0.3 is 0 Å². The van der Waals surface area contributed by atoms with Crippen LogP contribution in [-0.2, 0) is 0 Å². The van der Waals surface area contributed by atoms with Crippen LogP contribution >= 0.6 is 22.6 Å². The minimum absolute atomic E-state index is 0.463. The Morgan fingerprint density at radius 2 is 1.62 bits per heavy atom. The first-order valence-electron chi connectivity index (χ1n) is 3.84. The zero-order valence-corrected chi connectivity index (χ0v) is 9.73. The van der Waals surface area contributed by atoms with Crippen molar-refractivity contribution in [3.8, 4) is 0 Å². The maximum absolute atomic E-state index is 4.89. The second kappa shape index (κ2) is 7.66. The maximum Gasteiger partial charge on any atom is 0.0130 e. The minimum Gasteiger partial charge on any atom is -0.0583 e. The van der Waals surface area contributed by atoms with Gasteiger partial charge in [-0.05, 0) is 41.6 Å². The van der Waals surface area contributed by atoms with E-state index in [1.807, 2.05) is 0 Å². The Kier molecular flexibility index (Phi) is 7.82. The van der Waals surface area contributed by atoms with Gasteiger partial charge in [0.15, 0.2) is 0 Å². The highest BCUT2D eigenvalue weighted by molar-refractivity contribution is 14.1. The monoisotopic (exact) mass is 273 g/mol. The fraction of sp³-hybridized carbons (Fsp3) is 0.143. The lowest BCUT2D eigenvalue weighted by atomic mass is 8.97. The summed E-state index contributed by atoms with van der Waals surface area (Å²) in [5, 5.41) is 0. The predicted molar refractivity (Wildman–Crippen MR) is 72.7 cm³/mol. The van der Waals surface area contributed by atoms with Gasteiger partial charge in [0.1, 0.15) is 0 Å². The van der Waals surface area contributed by atoms with Crippen molar-refractivity contribution in [1.82, 2.24) is 0 Å². The highest BCUT2D eigenvalue weighted by Crippen LogP contribution is 2.04. The maximum atomic E-state index is 4.89. The Morgan fingerprint density at radius 3 is 1.85 bits per heavy atom. The molecule has 1 aromatic rings. The van der Waals surface area contributed by atoms with Gasteiger partial charge in [0.2, 0.25) is 0 Å². The van der Waals surface area contributed by atoms with Crippen molar-refractivity contribution in [2.45, 2.75) is 6.92 Å². The van der Waals surface area contributed by atoms with Gasteiger partial charge >= 0.3 is 0 Å². The molecule has 0 saturated carbocycles. The third-order valence-electron chi connectivity index (χ3n) is 1.23. The first kappa shape index (κ1) is 13.3.